The summed E-state index contributed by atoms with van der Waals surface area (Å²) in [5, 5.41) is 7.60. The second-order valence-electron chi connectivity index (χ2n) is 8.42. The van der Waals surface area contributed by atoms with Crippen LogP contribution in [-0.2, 0) is 6.18 Å². The SMILES string of the molecule is Cc1nn(-c2ccc(C(F)(F)F)cc2)c(C)c1[C@@H]1C=C[C@@H](NC(=O)c2ccc3c(c2)OCO3)C1. The van der Waals surface area contributed by atoms with Crippen LogP contribution in [0.1, 0.15) is 45.2 Å². The maximum absolute atomic E-state index is 12.9. The van der Waals surface area contributed by atoms with Crippen LogP contribution >= 0.6 is 0 Å². The van der Waals surface area contributed by atoms with Crippen LogP contribution in [0.5, 0.6) is 11.5 Å². The summed E-state index contributed by atoms with van der Waals surface area (Å²) in [4.78, 5) is 12.7. The second kappa shape index (κ2) is 8.23. The van der Waals surface area contributed by atoms with E-state index in [-0.39, 0.29) is 24.7 Å². The number of benzene rings is 2. The van der Waals surface area contributed by atoms with Crippen molar-refractivity contribution in [3.63, 3.8) is 0 Å². The van der Waals surface area contributed by atoms with E-state index in [9.17, 15) is 18.0 Å². The fourth-order valence-corrected chi connectivity index (χ4v) is 4.54. The molecule has 0 saturated heterocycles. The number of allylic oxidation sites excluding steroid dienone is 1. The Balaban J connectivity index is 1.30. The van der Waals surface area contributed by atoms with Gasteiger partial charge >= 0.3 is 6.18 Å². The molecular formula is C25H22F3N3O3. The van der Waals surface area contributed by atoms with Crippen LogP contribution in [-0.4, -0.2) is 28.5 Å². The normalized spacial score (nSPS) is 19.0. The molecule has 1 amide bonds. The van der Waals surface area contributed by atoms with E-state index in [1.807, 2.05) is 26.0 Å². The van der Waals surface area contributed by atoms with E-state index in [0.717, 1.165) is 29.1 Å². The number of nitrogens with zero attached hydrogens (tertiary/aromatic N) is 2. The van der Waals surface area contributed by atoms with Gasteiger partial charge in [0.15, 0.2) is 11.5 Å². The Labute approximate surface area is 194 Å². The van der Waals surface area contributed by atoms with Crippen molar-refractivity contribution in [3.8, 4) is 17.2 Å². The highest BCUT2D eigenvalue weighted by atomic mass is 19.4. The molecule has 34 heavy (non-hydrogen) atoms. The average Bonchev–Trinajstić information content (AvgIpc) is 3.51. The quantitative estimate of drug-likeness (QED) is 0.542. The Morgan fingerprint density at radius 1 is 1.06 bits per heavy atom. The number of fused-ring (bicyclic) bond motifs is 1. The van der Waals surface area contributed by atoms with Crippen LogP contribution < -0.4 is 14.8 Å². The Morgan fingerprint density at radius 2 is 1.79 bits per heavy atom. The maximum atomic E-state index is 12.9. The minimum atomic E-state index is -4.38. The summed E-state index contributed by atoms with van der Waals surface area (Å²) in [6.45, 7) is 3.93. The van der Waals surface area contributed by atoms with Crippen molar-refractivity contribution in [3.05, 3.63) is 82.7 Å². The number of aryl methyl sites for hydroxylation is 1. The Hall–Kier alpha value is -3.75. The first kappa shape index (κ1) is 22.1. The van der Waals surface area contributed by atoms with Gasteiger partial charge in [0.2, 0.25) is 6.79 Å². The maximum Gasteiger partial charge on any atom is 0.416 e. The van der Waals surface area contributed by atoms with Crippen molar-refractivity contribution in [2.75, 3.05) is 6.79 Å². The number of rotatable bonds is 4. The topological polar surface area (TPSA) is 65.4 Å². The summed E-state index contributed by atoms with van der Waals surface area (Å²) in [6.07, 6.45) is 0.284. The van der Waals surface area contributed by atoms with Crippen molar-refractivity contribution in [2.24, 2.45) is 0 Å². The number of aromatic nitrogens is 2. The molecule has 1 N–H and O–H groups in total. The lowest BCUT2D eigenvalue weighted by atomic mass is 9.95. The number of halogens is 3. The molecule has 9 heteroatoms. The van der Waals surface area contributed by atoms with Gasteiger partial charge in [-0.15, -0.1) is 0 Å². The van der Waals surface area contributed by atoms with Crippen LogP contribution in [0.2, 0.25) is 0 Å². The van der Waals surface area contributed by atoms with Gasteiger partial charge in [-0.05, 0) is 62.7 Å². The van der Waals surface area contributed by atoms with Crippen LogP contribution in [0.25, 0.3) is 5.69 Å². The minimum absolute atomic E-state index is 0.0326. The van der Waals surface area contributed by atoms with E-state index in [1.165, 1.54) is 12.1 Å². The molecule has 1 aromatic heterocycles. The first-order chi connectivity index (χ1) is 16.2. The molecule has 0 spiro atoms. The fraction of sp³-hybridized carbons (Fsp3) is 0.280. The first-order valence-corrected chi connectivity index (χ1v) is 10.8. The summed E-state index contributed by atoms with van der Waals surface area (Å²) < 4.78 is 51.0. The second-order valence-corrected chi connectivity index (χ2v) is 8.42. The summed E-state index contributed by atoms with van der Waals surface area (Å²) in [5.41, 5.74) is 3.02. The molecule has 176 valence electrons. The lowest BCUT2D eigenvalue weighted by Crippen LogP contribution is -2.32. The molecule has 0 saturated carbocycles. The van der Waals surface area contributed by atoms with Gasteiger partial charge in [-0.25, -0.2) is 4.68 Å². The van der Waals surface area contributed by atoms with Gasteiger partial charge in [0.05, 0.1) is 16.9 Å². The molecule has 1 aliphatic carbocycles. The number of alkyl halides is 3. The van der Waals surface area contributed by atoms with Crippen LogP contribution in [0, 0.1) is 13.8 Å². The number of carbonyl (C=O) groups excluding carboxylic acids is 1. The largest absolute Gasteiger partial charge is 0.454 e. The zero-order chi connectivity index (χ0) is 24.0. The van der Waals surface area contributed by atoms with E-state index in [0.29, 0.717) is 29.2 Å². The van der Waals surface area contributed by atoms with Crippen molar-refractivity contribution < 1.29 is 27.4 Å². The zero-order valence-corrected chi connectivity index (χ0v) is 18.5. The van der Waals surface area contributed by atoms with Gasteiger partial charge in [0, 0.05) is 28.8 Å². The third-order valence-electron chi connectivity index (χ3n) is 6.19. The molecule has 0 bridgehead atoms. The molecule has 3 aromatic rings. The minimum Gasteiger partial charge on any atom is -0.454 e. The van der Waals surface area contributed by atoms with Crippen LogP contribution in [0.15, 0.2) is 54.6 Å². The van der Waals surface area contributed by atoms with Crippen LogP contribution in [0.4, 0.5) is 13.2 Å². The Bertz CT molecular complexity index is 1280. The monoisotopic (exact) mass is 469 g/mol. The molecule has 6 nitrogen and oxygen atoms in total. The Kier molecular flexibility index (Phi) is 5.34. The van der Waals surface area contributed by atoms with Crippen molar-refractivity contribution in [1.29, 1.82) is 0 Å². The van der Waals surface area contributed by atoms with E-state index in [2.05, 4.69) is 10.4 Å². The highest BCUT2D eigenvalue weighted by molar-refractivity contribution is 5.95. The van der Waals surface area contributed by atoms with Gasteiger partial charge in [-0.1, -0.05) is 12.2 Å². The lowest BCUT2D eigenvalue weighted by molar-refractivity contribution is -0.137. The summed E-state index contributed by atoms with van der Waals surface area (Å²) in [6, 6.07) is 9.88. The van der Waals surface area contributed by atoms with Crippen molar-refractivity contribution >= 4 is 5.91 Å². The smallest absolute Gasteiger partial charge is 0.416 e. The van der Waals surface area contributed by atoms with E-state index in [1.54, 1.807) is 22.9 Å². The number of ether oxygens (including phenoxy) is 2. The standard InChI is InChI=1S/C25H22F3N3O3/c1-14-23(15(2)31(30-14)20-8-5-18(6-9-20)25(26,27)28)16-3-7-19(11-16)29-24(32)17-4-10-21-22(12-17)34-13-33-21/h3-10,12,16,19H,11,13H2,1-2H3,(H,29,32)/t16-,19-/m1/s1. The van der Waals surface area contributed by atoms with E-state index >= 15 is 0 Å². The third-order valence-corrected chi connectivity index (χ3v) is 6.19. The molecule has 0 unspecified atom stereocenters. The molecular weight excluding hydrogens is 447 g/mol. The van der Waals surface area contributed by atoms with Gasteiger partial charge in [0.25, 0.3) is 5.91 Å². The van der Waals surface area contributed by atoms with Crippen molar-refractivity contribution in [2.45, 2.75) is 38.4 Å². The Morgan fingerprint density at radius 3 is 2.53 bits per heavy atom. The summed E-state index contributed by atoms with van der Waals surface area (Å²) in [5.74, 6) is 0.996. The average molecular weight is 469 g/mol. The van der Waals surface area contributed by atoms with Gasteiger partial charge in [-0.3, -0.25) is 4.79 Å². The van der Waals surface area contributed by atoms with E-state index < -0.39 is 11.7 Å². The molecule has 5 rings (SSSR count). The molecule has 0 fully saturated rings. The molecule has 2 atom stereocenters. The summed E-state index contributed by atoms with van der Waals surface area (Å²) in [7, 11) is 0. The fourth-order valence-electron chi connectivity index (χ4n) is 4.54. The highest BCUT2D eigenvalue weighted by Gasteiger charge is 2.31. The van der Waals surface area contributed by atoms with Crippen LogP contribution in [0.3, 0.4) is 0 Å². The predicted molar refractivity (Wildman–Crippen MR) is 118 cm³/mol. The predicted octanol–water partition coefficient (Wildman–Crippen LogP) is 5.08. The first-order valence-electron chi connectivity index (χ1n) is 10.8. The van der Waals surface area contributed by atoms with Gasteiger partial charge < -0.3 is 14.8 Å². The third kappa shape index (κ3) is 4.02. The number of hydrogen-bond acceptors (Lipinski definition) is 4. The molecule has 2 heterocycles. The number of carbonyl (C=O) groups is 1. The van der Waals surface area contributed by atoms with E-state index in [4.69, 9.17) is 9.47 Å². The lowest BCUT2D eigenvalue weighted by Gasteiger charge is -2.15. The number of hydrogen-bond donors (Lipinski definition) is 1. The number of amides is 1. The van der Waals surface area contributed by atoms with Gasteiger partial charge in [0.1, 0.15) is 0 Å². The van der Waals surface area contributed by atoms with Gasteiger partial charge in [-0.2, -0.15) is 18.3 Å². The molecule has 0 radical (unpaired) electrons. The highest BCUT2D eigenvalue weighted by Crippen LogP contribution is 2.36. The zero-order valence-electron chi connectivity index (χ0n) is 18.5. The molecule has 1 aliphatic heterocycles. The molecule has 2 aliphatic rings. The summed E-state index contributed by atoms with van der Waals surface area (Å²) >= 11 is 0. The molecule has 2 aromatic carbocycles. The number of nitrogens with one attached hydrogen (secondary N) is 1. The van der Waals surface area contributed by atoms with Crippen molar-refractivity contribution in [1.82, 2.24) is 15.1 Å².